The minimum absolute atomic E-state index is 0.185. The van der Waals surface area contributed by atoms with Crippen LogP contribution in [0.25, 0.3) is 0 Å². The van der Waals surface area contributed by atoms with E-state index in [1.54, 1.807) is 0 Å². The van der Waals surface area contributed by atoms with Gasteiger partial charge in [0.25, 0.3) is 0 Å². The van der Waals surface area contributed by atoms with Crippen molar-refractivity contribution in [2.24, 2.45) is 5.41 Å². The molecule has 118 valence electrons. The first kappa shape index (κ1) is 16.1. The third-order valence-corrected chi connectivity index (χ3v) is 3.96. The molecule has 0 bridgehead atoms. The van der Waals surface area contributed by atoms with Gasteiger partial charge in [0.2, 0.25) is 0 Å². The molecular weight excluding hydrogens is 266 g/mol. The SMILES string of the molecule is CC(NCC(C)(C)CCCO)c1ccc2c(c1)OCCO2. The Morgan fingerprint density at radius 2 is 1.95 bits per heavy atom. The summed E-state index contributed by atoms with van der Waals surface area (Å²) in [5.74, 6) is 1.67. The zero-order valence-corrected chi connectivity index (χ0v) is 13.3. The van der Waals surface area contributed by atoms with Crippen molar-refractivity contribution in [1.29, 1.82) is 0 Å². The van der Waals surface area contributed by atoms with E-state index in [1.807, 2.05) is 6.07 Å². The van der Waals surface area contributed by atoms with Crippen molar-refractivity contribution in [2.75, 3.05) is 26.4 Å². The van der Waals surface area contributed by atoms with E-state index in [9.17, 15) is 0 Å². The smallest absolute Gasteiger partial charge is 0.161 e. The number of hydrogen-bond donors (Lipinski definition) is 2. The Bertz CT molecular complexity index is 459. The third-order valence-electron chi connectivity index (χ3n) is 3.96. The van der Waals surface area contributed by atoms with Crippen molar-refractivity contribution in [3.8, 4) is 11.5 Å². The van der Waals surface area contributed by atoms with Crippen LogP contribution in [0.2, 0.25) is 0 Å². The molecule has 0 radical (unpaired) electrons. The zero-order chi connectivity index (χ0) is 15.3. The van der Waals surface area contributed by atoms with Crippen LogP contribution in [-0.4, -0.2) is 31.5 Å². The summed E-state index contributed by atoms with van der Waals surface area (Å²) >= 11 is 0. The fourth-order valence-corrected chi connectivity index (χ4v) is 2.52. The van der Waals surface area contributed by atoms with Crippen LogP contribution in [0.1, 0.15) is 45.2 Å². The van der Waals surface area contributed by atoms with Crippen molar-refractivity contribution in [1.82, 2.24) is 5.32 Å². The summed E-state index contributed by atoms with van der Waals surface area (Å²) in [4.78, 5) is 0. The molecule has 0 saturated carbocycles. The molecule has 1 aromatic rings. The molecule has 4 nitrogen and oxygen atoms in total. The van der Waals surface area contributed by atoms with Crippen molar-refractivity contribution in [2.45, 2.75) is 39.7 Å². The molecule has 21 heavy (non-hydrogen) atoms. The molecule has 0 amide bonds. The highest BCUT2D eigenvalue weighted by atomic mass is 16.6. The molecule has 1 atom stereocenters. The van der Waals surface area contributed by atoms with E-state index in [2.05, 4.69) is 38.2 Å². The highest BCUT2D eigenvalue weighted by molar-refractivity contribution is 5.44. The fraction of sp³-hybridized carbons (Fsp3) is 0.647. The van der Waals surface area contributed by atoms with Gasteiger partial charge in [0.05, 0.1) is 0 Å². The lowest BCUT2D eigenvalue weighted by molar-refractivity contribution is 0.171. The van der Waals surface area contributed by atoms with E-state index in [4.69, 9.17) is 14.6 Å². The maximum absolute atomic E-state index is 8.95. The topological polar surface area (TPSA) is 50.7 Å². The van der Waals surface area contributed by atoms with Crippen LogP contribution >= 0.6 is 0 Å². The maximum atomic E-state index is 8.95. The fourth-order valence-electron chi connectivity index (χ4n) is 2.52. The predicted octanol–water partition coefficient (Wildman–Crippen LogP) is 2.91. The number of nitrogens with one attached hydrogen (secondary N) is 1. The van der Waals surface area contributed by atoms with Gasteiger partial charge in [0, 0.05) is 19.2 Å². The summed E-state index contributed by atoms with van der Waals surface area (Å²) in [5, 5.41) is 12.5. The van der Waals surface area contributed by atoms with Crippen LogP contribution in [0.4, 0.5) is 0 Å². The maximum Gasteiger partial charge on any atom is 0.161 e. The van der Waals surface area contributed by atoms with Gasteiger partial charge in [-0.05, 0) is 42.9 Å². The van der Waals surface area contributed by atoms with Gasteiger partial charge in [0.15, 0.2) is 11.5 Å². The van der Waals surface area contributed by atoms with Gasteiger partial charge in [0.1, 0.15) is 13.2 Å². The van der Waals surface area contributed by atoms with Gasteiger partial charge in [-0.1, -0.05) is 19.9 Å². The molecule has 1 aliphatic rings. The quantitative estimate of drug-likeness (QED) is 0.811. The summed E-state index contributed by atoms with van der Waals surface area (Å²) in [6, 6.07) is 6.40. The first-order chi connectivity index (χ1) is 10.0. The Hall–Kier alpha value is -1.26. The summed E-state index contributed by atoms with van der Waals surface area (Å²) < 4.78 is 11.2. The standard InChI is InChI=1S/C17H27NO3/c1-13(18-12-17(2,3)7-4-8-19)14-5-6-15-16(11-14)21-10-9-20-15/h5-6,11,13,18-19H,4,7-10,12H2,1-3H3. The summed E-state index contributed by atoms with van der Waals surface area (Å²) in [7, 11) is 0. The second-order valence-corrected chi connectivity index (χ2v) is 6.50. The number of aliphatic hydroxyl groups excluding tert-OH is 1. The van der Waals surface area contributed by atoms with Crippen molar-refractivity contribution in [3.63, 3.8) is 0 Å². The molecule has 2 N–H and O–H groups in total. The Balaban J connectivity index is 1.92. The van der Waals surface area contributed by atoms with Crippen molar-refractivity contribution >= 4 is 0 Å². The Kier molecular flexibility index (Phi) is 5.48. The van der Waals surface area contributed by atoms with Crippen molar-refractivity contribution < 1.29 is 14.6 Å². The van der Waals surface area contributed by atoms with Crippen LogP contribution < -0.4 is 14.8 Å². The molecule has 1 unspecified atom stereocenters. The van der Waals surface area contributed by atoms with E-state index in [1.165, 1.54) is 5.56 Å². The molecule has 0 aromatic heterocycles. The number of aliphatic hydroxyl groups is 1. The number of benzene rings is 1. The number of ether oxygens (including phenoxy) is 2. The largest absolute Gasteiger partial charge is 0.486 e. The number of rotatable bonds is 7. The van der Waals surface area contributed by atoms with Crippen LogP contribution in [0.3, 0.4) is 0 Å². The Labute approximate surface area is 127 Å². The molecule has 1 heterocycles. The van der Waals surface area contributed by atoms with E-state index >= 15 is 0 Å². The Morgan fingerprint density at radius 3 is 2.67 bits per heavy atom. The third kappa shape index (κ3) is 4.61. The van der Waals surface area contributed by atoms with Crippen LogP contribution in [0.5, 0.6) is 11.5 Å². The predicted molar refractivity (Wildman–Crippen MR) is 84.0 cm³/mol. The minimum Gasteiger partial charge on any atom is -0.486 e. The van der Waals surface area contributed by atoms with E-state index in [0.717, 1.165) is 30.9 Å². The summed E-state index contributed by atoms with van der Waals surface area (Å²) in [6.07, 6.45) is 1.87. The van der Waals surface area contributed by atoms with Gasteiger partial charge < -0.3 is 19.9 Å². The average molecular weight is 293 g/mol. The molecule has 0 fully saturated rings. The molecule has 1 aromatic carbocycles. The molecule has 2 rings (SSSR count). The van der Waals surface area contributed by atoms with Gasteiger partial charge in [-0.3, -0.25) is 0 Å². The molecular formula is C17H27NO3. The number of fused-ring (bicyclic) bond motifs is 1. The van der Waals surface area contributed by atoms with E-state index in [-0.39, 0.29) is 18.1 Å². The second-order valence-electron chi connectivity index (χ2n) is 6.50. The average Bonchev–Trinajstić information content (AvgIpc) is 2.50. The minimum atomic E-state index is 0.185. The summed E-state index contributed by atoms with van der Waals surface area (Å²) in [5.41, 5.74) is 1.39. The lowest BCUT2D eigenvalue weighted by atomic mass is 9.87. The zero-order valence-electron chi connectivity index (χ0n) is 13.3. The highest BCUT2D eigenvalue weighted by Gasteiger charge is 2.19. The molecule has 0 aliphatic carbocycles. The highest BCUT2D eigenvalue weighted by Crippen LogP contribution is 2.32. The monoisotopic (exact) mass is 293 g/mol. The normalized spacial score (nSPS) is 15.8. The van der Waals surface area contributed by atoms with Gasteiger partial charge >= 0.3 is 0 Å². The molecule has 0 spiro atoms. The first-order valence-corrected chi connectivity index (χ1v) is 7.76. The first-order valence-electron chi connectivity index (χ1n) is 7.76. The molecule has 1 aliphatic heterocycles. The lowest BCUT2D eigenvalue weighted by Gasteiger charge is -2.27. The second kappa shape index (κ2) is 7.14. The van der Waals surface area contributed by atoms with Gasteiger partial charge in [-0.25, -0.2) is 0 Å². The Morgan fingerprint density at radius 1 is 1.24 bits per heavy atom. The van der Waals surface area contributed by atoms with Crippen LogP contribution in [-0.2, 0) is 0 Å². The van der Waals surface area contributed by atoms with Gasteiger partial charge in [-0.2, -0.15) is 0 Å². The van der Waals surface area contributed by atoms with E-state index in [0.29, 0.717) is 13.2 Å². The summed E-state index contributed by atoms with van der Waals surface area (Å²) in [6.45, 7) is 9.04. The van der Waals surface area contributed by atoms with Crippen molar-refractivity contribution in [3.05, 3.63) is 23.8 Å². The van der Waals surface area contributed by atoms with E-state index < -0.39 is 0 Å². The van der Waals surface area contributed by atoms with Crippen LogP contribution in [0, 0.1) is 5.41 Å². The number of hydrogen-bond acceptors (Lipinski definition) is 4. The lowest BCUT2D eigenvalue weighted by Crippen LogP contribution is -2.31. The van der Waals surface area contributed by atoms with Crippen LogP contribution in [0.15, 0.2) is 18.2 Å². The van der Waals surface area contributed by atoms with Gasteiger partial charge in [-0.15, -0.1) is 0 Å². The molecule has 4 heteroatoms. The molecule has 0 saturated heterocycles.